The van der Waals surface area contributed by atoms with Crippen molar-refractivity contribution in [3.05, 3.63) is 56.7 Å². The van der Waals surface area contributed by atoms with E-state index in [1.165, 1.54) is 0 Å². The summed E-state index contributed by atoms with van der Waals surface area (Å²) in [4.78, 5) is 12.0. The number of halogens is 1. The largest absolute Gasteiger partial charge is 0.493 e. The third kappa shape index (κ3) is 4.44. The SMILES string of the molecule is COc1cc(/C=N\NC(=O)c2cccc(C)c2)cc(I)c1OC. The van der Waals surface area contributed by atoms with E-state index >= 15 is 0 Å². The van der Waals surface area contributed by atoms with E-state index in [1.807, 2.05) is 31.2 Å². The zero-order valence-electron chi connectivity index (χ0n) is 13.1. The van der Waals surface area contributed by atoms with Gasteiger partial charge in [0.05, 0.1) is 24.0 Å². The minimum atomic E-state index is -0.250. The number of benzene rings is 2. The second-order valence-corrected chi connectivity index (χ2v) is 5.97. The van der Waals surface area contributed by atoms with E-state index in [2.05, 4.69) is 33.1 Å². The molecule has 2 rings (SSSR count). The summed E-state index contributed by atoms with van der Waals surface area (Å²) in [7, 11) is 3.17. The number of carbonyl (C=O) groups is 1. The monoisotopic (exact) mass is 424 g/mol. The number of rotatable bonds is 5. The molecule has 1 amide bonds. The van der Waals surface area contributed by atoms with Gasteiger partial charge >= 0.3 is 0 Å². The average Bonchev–Trinajstić information content (AvgIpc) is 2.54. The quantitative estimate of drug-likeness (QED) is 0.455. The van der Waals surface area contributed by atoms with Crippen molar-refractivity contribution >= 4 is 34.7 Å². The molecular formula is C17H17IN2O3. The maximum Gasteiger partial charge on any atom is 0.271 e. The molecule has 0 saturated carbocycles. The highest BCUT2D eigenvalue weighted by Gasteiger charge is 2.09. The highest BCUT2D eigenvalue weighted by molar-refractivity contribution is 14.1. The molecule has 0 atom stereocenters. The summed E-state index contributed by atoms with van der Waals surface area (Å²) in [5, 5.41) is 4.00. The first-order valence-electron chi connectivity index (χ1n) is 6.86. The Balaban J connectivity index is 2.11. The normalized spacial score (nSPS) is 10.6. The summed E-state index contributed by atoms with van der Waals surface area (Å²) in [5.41, 5.74) is 4.92. The molecule has 6 heteroatoms. The number of hydrogen-bond donors (Lipinski definition) is 1. The van der Waals surface area contributed by atoms with Crippen LogP contribution in [-0.4, -0.2) is 26.3 Å². The van der Waals surface area contributed by atoms with Crippen molar-refractivity contribution in [2.75, 3.05) is 14.2 Å². The lowest BCUT2D eigenvalue weighted by Gasteiger charge is -2.10. The third-order valence-electron chi connectivity index (χ3n) is 3.12. The first-order chi connectivity index (χ1) is 11.0. The Morgan fingerprint density at radius 1 is 1.22 bits per heavy atom. The van der Waals surface area contributed by atoms with Crippen molar-refractivity contribution in [2.24, 2.45) is 5.10 Å². The van der Waals surface area contributed by atoms with Crippen LogP contribution in [0.4, 0.5) is 0 Å². The van der Waals surface area contributed by atoms with E-state index in [0.29, 0.717) is 17.1 Å². The van der Waals surface area contributed by atoms with Crippen molar-refractivity contribution in [2.45, 2.75) is 6.92 Å². The summed E-state index contributed by atoms with van der Waals surface area (Å²) in [6.45, 7) is 1.94. The smallest absolute Gasteiger partial charge is 0.271 e. The molecule has 0 heterocycles. The van der Waals surface area contributed by atoms with Crippen LogP contribution in [0.5, 0.6) is 11.5 Å². The molecule has 0 aliphatic rings. The predicted molar refractivity (Wildman–Crippen MR) is 98.5 cm³/mol. The third-order valence-corrected chi connectivity index (χ3v) is 3.92. The molecule has 120 valence electrons. The van der Waals surface area contributed by atoms with Gasteiger partial charge in [0.15, 0.2) is 11.5 Å². The number of ether oxygens (including phenoxy) is 2. The van der Waals surface area contributed by atoms with Crippen molar-refractivity contribution < 1.29 is 14.3 Å². The molecule has 0 unspecified atom stereocenters. The van der Waals surface area contributed by atoms with Crippen LogP contribution < -0.4 is 14.9 Å². The molecule has 0 bridgehead atoms. The van der Waals surface area contributed by atoms with Crippen LogP contribution in [0.1, 0.15) is 21.5 Å². The van der Waals surface area contributed by atoms with Crippen LogP contribution in [-0.2, 0) is 0 Å². The van der Waals surface area contributed by atoms with Crippen LogP contribution in [0.25, 0.3) is 0 Å². The highest BCUT2D eigenvalue weighted by Crippen LogP contribution is 2.32. The van der Waals surface area contributed by atoms with Crippen LogP contribution in [0.2, 0.25) is 0 Å². The fourth-order valence-corrected chi connectivity index (χ4v) is 2.87. The lowest BCUT2D eigenvalue weighted by atomic mass is 10.1. The topological polar surface area (TPSA) is 59.9 Å². The van der Waals surface area contributed by atoms with E-state index < -0.39 is 0 Å². The minimum Gasteiger partial charge on any atom is -0.493 e. The molecule has 0 saturated heterocycles. The molecule has 2 aromatic carbocycles. The maximum atomic E-state index is 12.0. The number of methoxy groups -OCH3 is 2. The Hall–Kier alpha value is -2.09. The maximum absolute atomic E-state index is 12.0. The van der Waals surface area contributed by atoms with Crippen LogP contribution >= 0.6 is 22.6 Å². The molecular weight excluding hydrogens is 407 g/mol. The Kier molecular flexibility index (Phi) is 5.97. The van der Waals surface area contributed by atoms with E-state index in [-0.39, 0.29) is 5.91 Å². The number of aryl methyl sites for hydroxylation is 1. The Bertz CT molecular complexity index is 745. The van der Waals surface area contributed by atoms with Gasteiger partial charge in [-0.1, -0.05) is 17.7 Å². The molecule has 5 nitrogen and oxygen atoms in total. The van der Waals surface area contributed by atoms with Gasteiger partial charge in [0.1, 0.15) is 0 Å². The standard InChI is InChI=1S/C17H17IN2O3/c1-11-5-4-6-13(7-11)17(21)20-19-10-12-8-14(18)16(23-3)15(9-12)22-2/h4-10H,1-3H3,(H,20,21)/b19-10-. The Morgan fingerprint density at radius 2 is 2.00 bits per heavy atom. The Morgan fingerprint density at radius 3 is 2.65 bits per heavy atom. The molecule has 0 aromatic heterocycles. The zero-order valence-corrected chi connectivity index (χ0v) is 15.2. The van der Waals surface area contributed by atoms with E-state index in [0.717, 1.165) is 14.7 Å². The fraction of sp³-hybridized carbons (Fsp3) is 0.176. The van der Waals surface area contributed by atoms with Gasteiger partial charge in [0, 0.05) is 5.56 Å². The van der Waals surface area contributed by atoms with Gasteiger partial charge in [-0.3, -0.25) is 4.79 Å². The summed E-state index contributed by atoms with van der Waals surface area (Å²) < 4.78 is 11.5. The van der Waals surface area contributed by atoms with Gasteiger partial charge in [-0.05, 0) is 59.3 Å². The predicted octanol–water partition coefficient (Wildman–Crippen LogP) is 3.38. The second-order valence-electron chi connectivity index (χ2n) is 4.81. The molecule has 0 aliphatic heterocycles. The van der Waals surface area contributed by atoms with E-state index in [4.69, 9.17) is 9.47 Å². The van der Waals surface area contributed by atoms with Crippen LogP contribution in [0, 0.1) is 10.5 Å². The fourth-order valence-electron chi connectivity index (χ4n) is 2.03. The first kappa shape index (κ1) is 17.3. The van der Waals surface area contributed by atoms with Crippen molar-refractivity contribution in [3.8, 4) is 11.5 Å². The Labute approximate surface area is 148 Å². The van der Waals surface area contributed by atoms with Gasteiger partial charge in [0.25, 0.3) is 5.91 Å². The zero-order chi connectivity index (χ0) is 16.8. The highest BCUT2D eigenvalue weighted by atomic mass is 127. The van der Waals surface area contributed by atoms with Crippen LogP contribution in [0.15, 0.2) is 41.5 Å². The molecule has 1 N–H and O–H groups in total. The van der Waals surface area contributed by atoms with Gasteiger partial charge in [-0.15, -0.1) is 0 Å². The van der Waals surface area contributed by atoms with Gasteiger partial charge in [0.2, 0.25) is 0 Å². The summed E-state index contributed by atoms with van der Waals surface area (Å²) in [6, 6.07) is 11.0. The van der Waals surface area contributed by atoms with Gasteiger partial charge < -0.3 is 9.47 Å². The summed E-state index contributed by atoms with van der Waals surface area (Å²) >= 11 is 2.16. The second kappa shape index (κ2) is 7.96. The van der Waals surface area contributed by atoms with Crippen molar-refractivity contribution in [3.63, 3.8) is 0 Å². The van der Waals surface area contributed by atoms with Crippen LogP contribution in [0.3, 0.4) is 0 Å². The van der Waals surface area contributed by atoms with Gasteiger partial charge in [-0.25, -0.2) is 5.43 Å². The van der Waals surface area contributed by atoms with E-state index in [1.54, 1.807) is 32.6 Å². The summed E-state index contributed by atoms with van der Waals surface area (Å²) in [5.74, 6) is 1.04. The molecule has 0 spiro atoms. The number of hydrogen-bond acceptors (Lipinski definition) is 4. The molecule has 0 fully saturated rings. The lowest BCUT2D eigenvalue weighted by molar-refractivity contribution is 0.0955. The molecule has 23 heavy (non-hydrogen) atoms. The average molecular weight is 424 g/mol. The van der Waals surface area contributed by atoms with Crippen molar-refractivity contribution in [1.29, 1.82) is 0 Å². The molecule has 0 aliphatic carbocycles. The van der Waals surface area contributed by atoms with Gasteiger partial charge in [-0.2, -0.15) is 5.10 Å². The van der Waals surface area contributed by atoms with Crippen molar-refractivity contribution in [1.82, 2.24) is 5.43 Å². The summed E-state index contributed by atoms with van der Waals surface area (Å²) in [6.07, 6.45) is 1.57. The number of hydrazone groups is 1. The molecule has 2 aromatic rings. The number of nitrogens with zero attached hydrogens (tertiary/aromatic N) is 1. The first-order valence-corrected chi connectivity index (χ1v) is 7.94. The molecule has 0 radical (unpaired) electrons. The lowest BCUT2D eigenvalue weighted by Crippen LogP contribution is -2.17. The number of nitrogens with one attached hydrogen (secondary N) is 1. The minimum absolute atomic E-state index is 0.250. The number of amides is 1. The number of carbonyl (C=O) groups excluding carboxylic acids is 1. The van der Waals surface area contributed by atoms with E-state index in [9.17, 15) is 4.79 Å².